The van der Waals surface area contributed by atoms with E-state index < -0.39 is 0 Å². The van der Waals surface area contributed by atoms with Crippen LogP contribution in [0.15, 0.2) is 103 Å². The van der Waals surface area contributed by atoms with Gasteiger partial charge in [0.1, 0.15) is 5.82 Å². The predicted octanol–water partition coefficient (Wildman–Crippen LogP) is 7.80. The highest BCUT2D eigenvalue weighted by Crippen LogP contribution is 2.33. The van der Waals surface area contributed by atoms with Crippen LogP contribution >= 0.6 is 0 Å². The van der Waals surface area contributed by atoms with E-state index >= 15 is 0 Å². The first-order valence-corrected chi connectivity index (χ1v) is 11.0. The van der Waals surface area contributed by atoms with Gasteiger partial charge in [0, 0.05) is 17.3 Å². The summed E-state index contributed by atoms with van der Waals surface area (Å²) in [4.78, 5) is 5.09. The van der Waals surface area contributed by atoms with Crippen molar-refractivity contribution in [2.45, 2.75) is 20.8 Å². The Labute approximate surface area is 189 Å². The maximum Gasteiger partial charge on any atom is 0.145 e. The van der Waals surface area contributed by atoms with Crippen LogP contribution in [-0.2, 0) is 0 Å². The van der Waals surface area contributed by atoms with Crippen molar-refractivity contribution in [3.05, 3.63) is 120 Å². The van der Waals surface area contributed by atoms with Crippen LogP contribution in [0, 0.1) is 20.8 Å². The molecule has 1 heterocycles. The second kappa shape index (κ2) is 8.32. The minimum absolute atomic E-state index is 0.959. The maximum atomic E-state index is 5.09. The third kappa shape index (κ3) is 3.76. The summed E-state index contributed by atoms with van der Waals surface area (Å²) in [6.45, 7) is 6.50. The van der Waals surface area contributed by atoms with Gasteiger partial charge >= 0.3 is 0 Å². The second-order valence-electron chi connectivity index (χ2n) is 8.38. The molecule has 0 bridgehead atoms. The molecular weight excluding hydrogens is 388 g/mol. The Balaban J connectivity index is 1.71. The molecule has 5 rings (SSSR count). The standard InChI is InChI=1S/C30H26N2/c1-21-11-10-16-26(17-21)28-20-32(30(31-28)25-14-8-5-9-15-25)29-22(2)18-27(19-23(29)3)24-12-6-4-7-13-24/h4-20H,1-3H3. The summed E-state index contributed by atoms with van der Waals surface area (Å²) in [6, 6.07) is 34.1. The van der Waals surface area contributed by atoms with Gasteiger partial charge in [0.25, 0.3) is 0 Å². The highest BCUT2D eigenvalue weighted by atomic mass is 15.1. The zero-order valence-electron chi connectivity index (χ0n) is 18.7. The molecule has 0 N–H and O–H groups in total. The molecule has 5 aromatic rings. The van der Waals surface area contributed by atoms with Gasteiger partial charge in [-0.05, 0) is 61.2 Å². The number of nitrogens with zero attached hydrogens (tertiary/aromatic N) is 2. The van der Waals surface area contributed by atoms with Gasteiger partial charge in [-0.3, -0.25) is 4.57 Å². The number of aromatic nitrogens is 2. The van der Waals surface area contributed by atoms with Crippen molar-refractivity contribution in [2.24, 2.45) is 0 Å². The average Bonchev–Trinajstić information content (AvgIpc) is 3.25. The zero-order chi connectivity index (χ0) is 22.1. The van der Waals surface area contributed by atoms with Crippen molar-refractivity contribution < 1.29 is 0 Å². The smallest absolute Gasteiger partial charge is 0.145 e. The lowest BCUT2D eigenvalue weighted by Crippen LogP contribution is -2.02. The van der Waals surface area contributed by atoms with Gasteiger partial charge in [0.15, 0.2) is 0 Å². The quantitative estimate of drug-likeness (QED) is 0.293. The molecule has 0 saturated carbocycles. The Hall–Kier alpha value is -3.91. The van der Waals surface area contributed by atoms with Crippen LogP contribution in [0.2, 0.25) is 0 Å². The van der Waals surface area contributed by atoms with Crippen molar-refractivity contribution >= 4 is 0 Å². The summed E-state index contributed by atoms with van der Waals surface area (Å²) >= 11 is 0. The summed E-state index contributed by atoms with van der Waals surface area (Å²) in [6.07, 6.45) is 2.18. The summed E-state index contributed by atoms with van der Waals surface area (Å²) in [7, 11) is 0. The molecule has 0 aliphatic heterocycles. The van der Waals surface area contributed by atoms with Gasteiger partial charge in [-0.15, -0.1) is 0 Å². The fourth-order valence-electron chi connectivity index (χ4n) is 4.42. The Bertz CT molecular complexity index is 1360. The zero-order valence-corrected chi connectivity index (χ0v) is 18.7. The highest BCUT2D eigenvalue weighted by Gasteiger charge is 2.17. The highest BCUT2D eigenvalue weighted by molar-refractivity contribution is 5.72. The van der Waals surface area contributed by atoms with Gasteiger partial charge in [-0.1, -0.05) is 84.4 Å². The number of benzene rings is 4. The lowest BCUT2D eigenvalue weighted by atomic mass is 9.98. The minimum atomic E-state index is 0.959. The van der Waals surface area contributed by atoms with E-state index in [0.717, 1.165) is 22.6 Å². The van der Waals surface area contributed by atoms with E-state index in [1.807, 2.05) is 6.07 Å². The molecule has 156 valence electrons. The van der Waals surface area contributed by atoms with Crippen molar-refractivity contribution in [1.29, 1.82) is 0 Å². The fraction of sp³-hybridized carbons (Fsp3) is 0.100. The Morgan fingerprint density at radius 3 is 1.78 bits per heavy atom. The van der Waals surface area contributed by atoms with E-state index in [0.29, 0.717) is 0 Å². The van der Waals surface area contributed by atoms with Crippen LogP contribution in [-0.4, -0.2) is 9.55 Å². The van der Waals surface area contributed by atoms with Crippen molar-refractivity contribution in [3.8, 4) is 39.5 Å². The van der Waals surface area contributed by atoms with Gasteiger partial charge in [0.2, 0.25) is 0 Å². The fourth-order valence-corrected chi connectivity index (χ4v) is 4.42. The largest absolute Gasteiger partial charge is 0.299 e. The van der Waals surface area contributed by atoms with Crippen LogP contribution in [0.4, 0.5) is 0 Å². The number of aryl methyl sites for hydroxylation is 3. The normalized spacial score (nSPS) is 11.0. The molecular formula is C30H26N2. The van der Waals surface area contributed by atoms with Crippen molar-refractivity contribution in [2.75, 3.05) is 0 Å². The molecule has 4 aromatic carbocycles. The molecule has 0 fully saturated rings. The Morgan fingerprint density at radius 1 is 0.562 bits per heavy atom. The first-order valence-electron chi connectivity index (χ1n) is 11.0. The van der Waals surface area contributed by atoms with Gasteiger partial charge in [-0.25, -0.2) is 4.98 Å². The van der Waals surface area contributed by atoms with Crippen LogP contribution in [0.1, 0.15) is 16.7 Å². The van der Waals surface area contributed by atoms with E-state index in [9.17, 15) is 0 Å². The molecule has 2 heteroatoms. The minimum Gasteiger partial charge on any atom is -0.299 e. The summed E-state index contributed by atoms with van der Waals surface area (Å²) in [5, 5.41) is 0. The lowest BCUT2D eigenvalue weighted by molar-refractivity contribution is 1.03. The van der Waals surface area contributed by atoms with E-state index in [-0.39, 0.29) is 0 Å². The summed E-state index contributed by atoms with van der Waals surface area (Å²) in [5.41, 5.74) is 10.6. The lowest BCUT2D eigenvalue weighted by Gasteiger charge is -2.16. The molecule has 0 aliphatic carbocycles. The molecule has 0 radical (unpaired) electrons. The second-order valence-corrected chi connectivity index (χ2v) is 8.38. The number of hydrogen-bond donors (Lipinski definition) is 0. The molecule has 0 saturated heterocycles. The summed E-state index contributed by atoms with van der Waals surface area (Å²) in [5.74, 6) is 0.959. The molecule has 0 unspecified atom stereocenters. The Kier molecular flexibility index (Phi) is 5.20. The molecule has 0 aliphatic rings. The van der Waals surface area contributed by atoms with Crippen molar-refractivity contribution in [3.63, 3.8) is 0 Å². The van der Waals surface area contributed by atoms with Gasteiger partial charge in [0.05, 0.1) is 11.4 Å². The number of hydrogen-bond acceptors (Lipinski definition) is 1. The molecule has 32 heavy (non-hydrogen) atoms. The van der Waals surface area contributed by atoms with Crippen LogP contribution in [0.25, 0.3) is 39.5 Å². The van der Waals surface area contributed by atoms with Crippen LogP contribution < -0.4 is 0 Å². The van der Waals surface area contributed by atoms with E-state index in [1.165, 1.54) is 33.5 Å². The predicted molar refractivity (Wildman–Crippen MR) is 134 cm³/mol. The Morgan fingerprint density at radius 2 is 1.16 bits per heavy atom. The SMILES string of the molecule is Cc1cccc(-c2cn(-c3c(C)cc(-c4ccccc4)cc3C)c(-c3ccccc3)n2)c1. The van der Waals surface area contributed by atoms with E-state index in [1.54, 1.807) is 0 Å². The van der Waals surface area contributed by atoms with Gasteiger partial charge in [-0.2, -0.15) is 0 Å². The first kappa shape index (κ1) is 20.0. The molecule has 2 nitrogen and oxygen atoms in total. The monoisotopic (exact) mass is 414 g/mol. The topological polar surface area (TPSA) is 17.8 Å². The number of rotatable bonds is 4. The van der Waals surface area contributed by atoms with Crippen LogP contribution in [0.5, 0.6) is 0 Å². The van der Waals surface area contributed by atoms with Crippen LogP contribution in [0.3, 0.4) is 0 Å². The molecule has 1 aromatic heterocycles. The molecule has 0 atom stereocenters. The van der Waals surface area contributed by atoms with E-state index in [2.05, 4.69) is 123 Å². The first-order chi connectivity index (χ1) is 15.6. The molecule has 0 spiro atoms. The van der Waals surface area contributed by atoms with Gasteiger partial charge < -0.3 is 0 Å². The van der Waals surface area contributed by atoms with Crippen molar-refractivity contribution in [1.82, 2.24) is 9.55 Å². The third-order valence-electron chi connectivity index (χ3n) is 5.89. The summed E-state index contributed by atoms with van der Waals surface area (Å²) < 4.78 is 2.26. The van der Waals surface area contributed by atoms with E-state index in [4.69, 9.17) is 4.98 Å². The third-order valence-corrected chi connectivity index (χ3v) is 5.89. The molecule has 0 amide bonds. The average molecular weight is 415 g/mol. The maximum absolute atomic E-state index is 5.09. The number of imidazole rings is 1.